The molecule has 0 unspecified atom stereocenters. The molecule has 0 aliphatic heterocycles. The maximum absolute atomic E-state index is 11.0. The highest BCUT2D eigenvalue weighted by Gasteiger charge is 2.39. The molecule has 1 aliphatic rings. The minimum atomic E-state index is -1.85. The Bertz CT molecular complexity index is 539. The van der Waals surface area contributed by atoms with Gasteiger partial charge in [0.25, 0.3) is 0 Å². The molecule has 0 spiro atoms. The van der Waals surface area contributed by atoms with E-state index in [0.717, 1.165) is 24.2 Å². The Balaban J connectivity index is 2.26. The van der Waals surface area contributed by atoms with Crippen molar-refractivity contribution in [1.82, 2.24) is 0 Å². The van der Waals surface area contributed by atoms with Crippen LogP contribution in [-0.4, -0.2) is 19.4 Å². The maximum atomic E-state index is 11.0. The van der Waals surface area contributed by atoms with Crippen molar-refractivity contribution in [3.05, 3.63) is 29.3 Å². The standard InChI is InChI=1S/C17H26O3Si/c1-17(2,3)21(4,5)20-14-9-8-13(10-16(18)19)15(11-14)12-6-7-12/h8-9,11-12H,6-7,10H2,1-5H3,(H,18,19). The molecule has 0 saturated heterocycles. The monoisotopic (exact) mass is 306 g/mol. The smallest absolute Gasteiger partial charge is 0.307 e. The van der Waals surface area contributed by atoms with E-state index in [2.05, 4.69) is 39.9 Å². The van der Waals surface area contributed by atoms with Crippen LogP contribution in [0.3, 0.4) is 0 Å². The molecule has 0 heterocycles. The highest BCUT2D eigenvalue weighted by molar-refractivity contribution is 6.74. The van der Waals surface area contributed by atoms with Crippen molar-refractivity contribution in [1.29, 1.82) is 0 Å². The summed E-state index contributed by atoms with van der Waals surface area (Å²) in [6.45, 7) is 11.1. The molecular formula is C17H26O3Si. The average molecular weight is 306 g/mol. The van der Waals surface area contributed by atoms with Gasteiger partial charge in [-0.25, -0.2) is 0 Å². The molecule has 0 atom stereocenters. The lowest BCUT2D eigenvalue weighted by molar-refractivity contribution is -0.136. The Kier molecular flexibility index (Phi) is 4.20. The number of carboxylic acids is 1. The molecular weight excluding hydrogens is 280 g/mol. The molecule has 0 bridgehead atoms. The van der Waals surface area contributed by atoms with E-state index in [1.165, 1.54) is 5.56 Å². The van der Waals surface area contributed by atoms with Gasteiger partial charge in [-0.2, -0.15) is 0 Å². The largest absolute Gasteiger partial charge is 0.543 e. The zero-order chi connectivity index (χ0) is 15.8. The van der Waals surface area contributed by atoms with Crippen molar-refractivity contribution >= 4 is 14.3 Å². The zero-order valence-corrected chi connectivity index (χ0v) is 14.7. The van der Waals surface area contributed by atoms with Gasteiger partial charge in [0.05, 0.1) is 6.42 Å². The molecule has 1 N–H and O–H groups in total. The maximum Gasteiger partial charge on any atom is 0.307 e. The Morgan fingerprint density at radius 1 is 1.33 bits per heavy atom. The van der Waals surface area contributed by atoms with Gasteiger partial charge < -0.3 is 9.53 Å². The Hall–Kier alpha value is -1.29. The van der Waals surface area contributed by atoms with Crippen LogP contribution < -0.4 is 4.43 Å². The third-order valence-electron chi connectivity index (χ3n) is 4.66. The number of benzene rings is 1. The van der Waals surface area contributed by atoms with Gasteiger partial charge in [-0.05, 0) is 60.2 Å². The third kappa shape index (κ3) is 3.88. The fraction of sp³-hybridized carbons (Fsp3) is 0.588. The first kappa shape index (κ1) is 16.1. The van der Waals surface area contributed by atoms with Crippen molar-refractivity contribution in [2.75, 3.05) is 0 Å². The fourth-order valence-electron chi connectivity index (χ4n) is 2.18. The Morgan fingerprint density at radius 3 is 2.43 bits per heavy atom. The summed E-state index contributed by atoms with van der Waals surface area (Å²) in [7, 11) is -1.85. The molecule has 21 heavy (non-hydrogen) atoms. The van der Waals surface area contributed by atoms with E-state index >= 15 is 0 Å². The predicted molar refractivity (Wildman–Crippen MR) is 87.6 cm³/mol. The molecule has 1 saturated carbocycles. The second kappa shape index (κ2) is 5.48. The first-order valence-corrected chi connectivity index (χ1v) is 10.5. The number of aliphatic carboxylic acids is 1. The lowest BCUT2D eigenvalue weighted by Gasteiger charge is -2.36. The topological polar surface area (TPSA) is 46.5 Å². The van der Waals surface area contributed by atoms with E-state index in [0.29, 0.717) is 5.92 Å². The fourth-order valence-corrected chi connectivity index (χ4v) is 3.20. The van der Waals surface area contributed by atoms with Crippen LogP contribution in [0, 0.1) is 0 Å². The lowest BCUT2D eigenvalue weighted by Crippen LogP contribution is -2.43. The quantitative estimate of drug-likeness (QED) is 0.810. The third-order valence-corrected chi connectivity index (χ3v) is 9.01. The number of rotatable bonds is 5. The van der Waals surface area contributed by atoms with E-state index < -0.39 is 14.3 Å². The molecule has 116 valence electrons. The van der Waals surface area contributed by atoms with Crippen LogP contribution >= 0.6 is 0 Å². The number of carboxylic acid groups (broad SMARTS) is 1. The van der Waals surface area contributed by atoms with E-state index in [1.54, 1.807) is 0 Å². The minimum absolute atomic E-state index is 0.103. The zero-order valence-electron chi connectivity index (χ0n) is 13.7. The van der Waals surface area contributed by atoms with Crippen molar-refractivity contribution in [3.63, 3.8) is 0 Å². The molecule has 0 radical (unpaired) electrons. The molecule has 0 amide bonds. The average Bonchev–Trinajstić information content (AvgIpc) is 3.12. The summed E-state index contributed by atoms with van der Waals surface area (Å²) < 4.78 is 6.34. The number of hydrogen-bond acceptors (Lipinski definition) is 2. The summed E-state index contributed by atoms with van der Waals surface area (Å²) >= 11 is 0. The number of carbonyl (C=O) groups is 1. The van der Waals surface area contributed by atoms with Crippen LogP contribution in [0.2, 0.25) is 18.1 Å². The molecule has 1 aliphatic carbocycles. The van der Waals surface area contributed by atoms with Crippen molar-refractivity contribution in [2.45, 2.75) is 64.1 Å². The first-order chi connectivity index (χ1) is 9.60. The second-order valence-corrected chi connectivity index (χ2v) is 12.3. The predicted octanol–water partition coefficient (Wildman–Crippen LogP) is 4.58. The van der Waals surface area contributed by atoms with Gasteiger partial charge >= 0.3 is 5.97 Å². The first-order valence-electron chi connectivity index (χ1n) is 7.64. The second-order valence-electron chi connectivity index (χ2n) is 7.57. The summed E-state index contributed by atoms with van der Waals surface area (Å²) in [4.78, 5) is 11.0. The summed E-state index contributed by atoms with van der Waals surface area (Å²) in [6.07, 6.45) is 2.43. The van der Waals surface area contributed by atoms with Gasteiger partial charge in [0.15, 0.2) is 0 Å². The molecule has 3 nitrogen and oxygen atoms in total. The van der Waals surface area contributed by atoms with Crippen LogP contribution in [0.5, 0.6) is 5.75 Å². The lowest BCUT2D eigenvalue weighted by atomic mass is 10.0. The summed E-state index contributed by atoms with van der Waals surface area (Å²) in [6, 6.07) is 5.95. The van der Waals surface area contributed by atoms with Gasteiger partial charge in [-0.3, -0.25) is 4.79 Å². The van der Waals surface area contributed by atoms with Crippen molar-refractivity contribution < 1.29 is 14.3 Å². The van der Waals surface area contributed by atoms with Gasteiger partial charge in [0, 0.05) is 0 Å². The Labute approximate surface area is 128 Å². The molecule has 4 heteroatoms. The van der Waals surface area contributed by atoms with Crippen LogP contribution in [0.1, 0.15) is 50.7 Å². The van der Waals surface area contributed by atoms with E-state index in [4.69, 9.17) is 9.53 Å². The SMILES string of the molecule is CC(C)(C)[Si](C)(C)Oc1ccc(CC(=O)O)c(C2CC2)c1. The normalized spacial score (nSPS) is 15.9. The molecule has 1 fully saturated rings. The van der Waals surface area contributed by atoms with E-state index in [1.807, 2.05) is 12.1 Å². The summed E-state index contributed by atoms with van der Waals surface area (Å²) in [5.74, 6) is 0.662. The van der Waals surface area contributed by atoms with Gasteiger partial charge in [0.2, 0.25) is 8.32 Å². The highest BCUT2D eigenvalue weighted by atomic mass is 28.4. The van der Waals surface area contributed by atoms with E-state index in [-0.39, 0.29) is 11.5 Å². The number of hydrogen-bond donors (Lipinski definition) is 1. The van der Waals surface area contributed by atoms with Crippen molar-refractivity contribution in [2.24, 2.45) is 0 Å². The summed E-state index contributed by atoms with van der Waals surface area (Å²) in [5, 5.41) is 9.19. The van der Waals surface area contributed by atoms with E-state index in [9.17, 15) is 4.79 Å². The Morgan fingerprint density at radius 2 is 1.95 bits per heavy atom. The van der Waals surface area contributed by atoms with Crippen LogP contribution in [0.25, 0.3) is 0 Å². The van der Waals surface area contributed by atoms with Crippen LogP contribution in [-0.2, 0) is 11.2 Å². The van der Waals surface area contributed by atoms with Crippen molar-refractivity contribution in [3.8, 4) is 5.75 Å². The highest BCUT2D eigenvalue weighted by Crippen LogP contribution is 2.44. The van der Waals surface area contributed by atoms with Crippen LogP contribution in [0.4, 0.5) is 0 Å². The molecule has 1 aromatic carbocycles. The van der Waals surface area contributed by atoms with Gasteiger partial charge in [-0.1, -0.05) is 26.8 Å². The summed E-state index contributed by atoms with van der Waals surface area (Å²) in [5.41, 5.74) is 2.11. The molecule has 0 aromatic heterocycles. The minimum Gasteiger partial charge on any atom is -0.543 e. The van der Waals surface area contributed by atoms with Gasteiger partial charge in [-0.15, -0.1) is 0 Å². The van der Waals surface area contributed by atoms with Gasteiger partial charge in [0.1, 0.15) is 5.75 Å². The molecule has 1 aromatic rings. The molecule has 2 rings (SSSR count). The van der Waals surface area contributed by atoms with Crippen LogP contribution in [0.15, 0.2) is 18.2 Å².